The van der Waals surface area contributed by atoms with Gasteiger partial charge in [0.15, 0.2) is 0 Å². The van der Waals surface area contributed by atoms with Crippen LogP contribution in [0, 0.1) is 0 Å². The highest BCUT2D eigenvalue weighted by Crippen LogP contribution is 2.29. The molecule has 2 atom stereocenters. The zero-order valence-corrected chi connectivity index (χ0v) is 10.8. The summed E-state index contributed by atoms with van der Waals surface area (Å²) in [6.07, 6.45) is 0.882. The number of benzene rings is 1. The summed E-state index contributed by atoms with van der Waals surface area (Å²) < 4.78 is 0. The third-order valence-corrected chi connectivity index (χ3v) is 3.40. The molecule has 1 aromatic carbocycles. The van der Waals surface area contributed by atoms with Gasteiger partial charge in [0.1, 0.15) is 5.76 Å². The zero-order chi connectivity index (χ0) is 13.1. The summed E-state index contributed by atoms with van der Waals surface area (Å²) in [5.74, 6) is 0.229. The Morgan fingerprint density at radius 2 is 2.17 bits per heavy atom. The van der Waals surface area contributed by atoms with E-state index in [2.05, 4.69) is 23.7 Å². The predicted molar refractivity (Wildman–Crippen MR) is 75.8 cm³/mol. The average Bonchev–Trinajstić information content (AvgIpc) is 2.75. The molecule has 4 nitrogen and oxygen atoms in total. The number of aliphatic hydroxyl groups is 1. The number of nitrogens with two attached hydrogens (primary N) is 1. The molecule has 0 amide bonds. The molecule has 1 fully saturated rings. The Bertz CT molecular complexity index is 416. The molecule has 1 saturated heterocycles. The van der Waals surface area contributed by atoms with Crippen molar-refractivity contribution < 1.29 is 5.11 Å². The predicted octanol–water partition coefficient (Wildman–Crippen LogP) is 1.90. The van der Waals surface area contributed by atoms with Crippen molar-refractivity contribution in [2.24, 2.45) is 0 Å². The lowest BCUT2D eigenvalue weighted by Gasteiger charge is -2.25. The van der Waals surface area contributed by atoms with E-state index in [0.717, 1.165) is 30.9 Å². The van der Waals surface area contributed by atoms with Crippen LogP contribution in [0.1, 0.15) is 13.3 Å². The number of nitrogens with zero attached hydrogens (tertiary/aromatic N) is 1. The second-order valence-electron chi connectivity index (χ2n) is 4.74. The van der Waals surface area contributed by atoms with Gasteiger partial charge in [0.05, 0.1) is 6.04 Å². The van der Waals surface area contributed by atoms with Crippen LogP contribution in [0.15, 0.2) is 36.6 Å². The fourth-order valence-electron chi connectivity index (χ4n) is 2.54. The SMILES string of the molecule is C=C(O)C1CC(NCC)CN1c1ccc(N)cc1. The molecule has 0 bridgehead atoms. The summed E-state index contributed by atoms with van der Waals surface area (Å²) in [4.78, 5) is 2.18. The van der Waals surface area contributed by atoms with Gasteiger partial charge >= 0.3 is 0 Å². The number of hydrogen-bond acceptors (Lipinski definition) is 4. The first-order valence-electron chi connectivity index (χ1n) is 6.35. The van der Waals surface area contributed by atoms with Gasteiger partial charge in [0, 0.05) is 24.0 Å². The topological polar surface area (TPSA) is 61.5 Å². The summed E-state index contributed by atoms with van der Waals surface area (Å²) >= 11 is 0. The maximum Gasteiger partial charge on any atom is 0.108 e. The van der Waals surface area contributed by atoms with E-state index in [-0.39, 0.29) is 11.8 Å². The monoisotopic (exact) mass is 247 g/mol. The van der Waals surface area contributed by atoms with Crippen LogP contribution in [0.3, 0.4) is 0 Å². The van der Waals surface area contributed by atoms with Gasteiger partial charge in [-0.15, -0.1) is 0 Å². The molecule has 18 heavy (non-hydrogen) atoms. The fraction of sp³-hybridized carbons (Fsp3) is 0.429. The highest BCUT2D eigenvalue weighted by molar-refractivity contribution is 5.55. The lowest BCUT2D eigenvalue weighted by molar-refractivity contribution is 0.365. The maximum atomic E-state index is 9.74. The first kappa shape index (κ1) is 12.8. The lowest BCUT2D eigenvalue weighted by Crippen LogP contribution is -2.33. The molecule has 4 N–H and O–H groups in total. The second kappa shape index (κ2) is 5.31. The second-order valence-corrected chi connectivity index (χ2v) is 4.74. The van der Waals surface area contributed by atoms with Gasteiger partial charge < -0.3 is 21.1 Å². The van der Waals surface area contributed by atoms with Gasteiger partial charge in [-0.05, 0) is 37.2 Å². The zero-order valence-electron chi connectivity index (χ0n) is 10.8. The van der Waals surface area contributed by atoms with E-state index in [1.54, 1.807) is 0 Å². The molecule has 0 spiro atoms. The first-order valence-corrected chi connectivity index (χ1v) is 6.35. The Morgan fingerprint density at radius 1 is 1.50 bits per heavy atom. The van der Waals surface area contributed by atoms with E-state index in [9.17, 15) is 5.11 Å². The maximum absolute atomic E-state index is 9.74. The number of nitrogens with one attached hydrogen (secondary N) is 1. The summed E-state index contributed by atoms with van der Waals surface area (Å²) in [5.41, 5.74) is 7.52. The number of likely N-dealkylation sites (N-methyl/N-ethyl adjacent to an activating group) is 1. The summed E-state index contributed by atoms with van der Waals surface area (Å²) in [6.45, 7) is 7.59. The standard InChI is InChI=1S/C14H21N3O/c1-3-16-12-8-14(10(2)18)17(9-12)13-6-4-11(15)5-7-13/h4-7,12,14,16,18H,2-3,8-9,15H2,1H3. The molecule has 0 aromatic heterocycles. The highest BCUT2D eigenvalue weighted by atomic mass is 16.3. The molecule has 1 aliphatic heterocycles. The summed E-state index contributed by atoms with van der Waals surface area (Å²) in [5, 5.41) is 13.2. The molecule has 4 heteroatoms. The molecular weight excluding hydrogens is 226 g/mol. The van der Waals surface area contributed by atoms with Crippen LogP contribution < -0.4 is 16.0 Å². The van der Waals surface area contributed by atoms with E-state index in [0.29, 0.717) is 6.04 Å². The molecule has 2 unspecified atom stereocenters. The largest absolute Gasteiger partial charge is 0.511 e. The summed E-state index contributed by atoms with van der Waals surface area (Å²) in [6, 6.07) is 8.11. The number of nitrogen functional groups attached to an aromatic ring is 1. The van der Waals surface area contributed by atoms with Crippen LogP contribution in [0.5, 0.6) is 0 Å². The van der Waals surface area contributed by atoms with Crippen LogP contribution >= 0.6 is 0 Å². The van der Waals surface area contributed by atoms with Crippen molar-refractivity contribution in [1.82, 2.24) is 5.32 Å². The number of hydrogen-bond donors (Lipinski definition) is 3. The molecule has 0 saturated carbocycles. The normalized spacial score (nSPS) is 23.3. The number of anilines is 2. The van der Waals surface area contributed by atoms with Crippen LogP contribution in [0.4, 0.5) is 11.4 Å². The first-order chi connectivity index (χ1) is 8.61. The molecule has 2 rings (SSSR count). The van der Waals surface area contributed by atoms with Crippen LogP contribution in [-0.4, -0.2) is 30.3 Å². The van der Waals surface area contributed by atoms with Crippen molar-refractivity contribution in [3.8, 4) is 0 Å². The molecular formula is C14H21N3O. The van der Waals surface area contributed by atoms with Crippen molar-refractivity contribution in [3.05, 3.63) is 36.6 Å². The van der Waals surface area contributed by atoms with Crippen molar-refractivity contribution in [2.45, 2.75) is 25.4 Å². The van der Waals surface area contributed by atoms with E-state index >= 15 is 0 Å². The van der Waals surface area contributed by atoms with E-state index < -0.39 is 0 Å². The Kier molecular flexibility index (Phi) is 3.77. The quantitative estimate of drug-likeness (QED) is 0.562. The third kappa shape index (κ3) is 2.59. The van der Waals surface area contributed by atoms with Gasteiger partial charge in [0.2, 0.25) is 0 Å². The Morgan fingerprint density at radius 3 is 2.72 bits per heavy atom. The third-order valence-electron chi connectivity index (χ3n) is 3.40. The Balaban J connectivity index is 2.18. The van der Waals surface area contributed by atoms with Crippen molar-refractivity contribution in [1.29, 1.82) is 0 Å². The lowest BCUT2D eigenvalue weighted by atomic mass is 10.1. The van der Waals surface area contributed by atoms with Gasteiger partial charge in [-0.1, -0.05) is 13.5 Å². The van der Waals surface area contributed by atoms with Crippen LogP contribution in [0.25, 0.3) is 0 Å². The highest BCUT2D eigenvalue weighted by Gasteiger charge is 2.33. The van der Waals surface area contributed by atoms with E-state index in [1.807, 2.05) is 24.3 Å². The van der Waals surface area contributed by atoms with Gasteiger partial charge in [-0.3, -0.25) is 0 Å². The van der Waals surface area contributed by atoms with E-state index in [4.69, 9.17) is 5.73 Å². The molecule has 0 aliphatic carbocycles. The molecule has 0 radical (unpaired) electrons. The Hall–Kier alpha value is -1.68. The van der Waals surface area contributed by atoms with E-state index in [1.165, 1.54) is 0 Å². The number of rotatable bonds is 4. The smallest absolute Gasteiger partial charge is 0.108 e. The van der Waals surface area contributed by atoms with Crippen LogP contribution in [0.2, 0.25) is 0 Å². The minimum atomic E-state index is -0.0160. The van der Waals surface area contributed by atoms with Crippen LogP contribution in [-0.2, 0) is 0 Å². The summed E-state index contributed by atoms with van der Waals surface area (Å²) in [7, 11) is 0. The molecule has 1 heterocycles. The molecule has 1 aromatic rings. The van der Waals surface area contributed by atoms with Gasteiger partial charge in [0.25, 0.3) is 0 Å². The van der Waals surface area contributed by atoms with Gasteiger partial charge in [-0.2, -0.15) is 0 Å². The average molecular weight is 247 g/mol. The fourth-order valence-corrected chi connectivity index (χ4v) is 2.54. The molecule has 1 aliphatic rings. The van der Waals surface area contributed by atoms with Crippen molar-refractivity contribution >= 4 is 11.4 Å². The minimum absolute atomic E-state index is 0.0160. The number of aliphatic hydroxyl groups excluding tert-OH is 1. The van der Waals surface area contributed by atoms with Gasteiger partial charge in [-0.25, -0.2) is 0 Å². The minimum Gasteiger partial charge on any atom is -0.511 e. The Labute approximate surface area is 108 Å². The van der Waals surface area contributed by atoms with Crippen molar-refractivity contribution in [2.75, 3.05) is 23.7 Å². The van der Waals surface area contributed by atoms with Crippen molar-refractivity contribution in [3.63, 3.8) is 0 Å². The molecule has 98 valence electrons.